The number of oxime groups is 1. The van der Waals surface area contributed by atoms with Gasteiger partial charge < -0.3 is 9.94 Å². The van der Waals surface area contributed by atoms with E-state index in [2.05, 4.69) is 17.0 Å². The predicted octanol–water partition coefficient (Wildman–Crippen LogP) is 2.54. The van der Waals surface area contributed by atoms with Crippen LogP contribution in [0.15, 0.2) is 29.4 Å². The molecule has 1 aromatic rings. The first kappa shape index (κ1) is 15.3. The third-order valence-electron chi connectivity index (χ3n) is 3.33. The van der Waals surface area contributed by atoms with Crippen LogP contribution in [0.4, 0.5) is 0 Å². The molecular weight excluding hydrogens is 276 g/mol. The molecule has 1 atom stereocenters. The molecule has 0 saturated heterocycles. The van der Waals surface area contributed by atoms with E-state index in [1.807, 2.05) is 24.3 Å². The van der Waals surface area contributed by atoms with Gasteiger partial charge in [0.1, 0.15) is 6.10 Å². The lowest BCUT2D eigenvalue weighted by molar-refractivity contribution is 0.0477. The Morgan fingerprint density at radius 3 is 2.75 bits per heavy atom. The fourth-order valence-corrected chi connectivity index (χ4v) is 2.51. The van der Waals surface area contributed by atoms with Gasteiger partial charge in [0.15, 0.2) is 0 Å². The predicted molar refractivity (Wildman–Crippen MR) is 81.3 cm³/mol. The fraction of sp³-hybridized carbons (Fsp3) is 0.533. The maximum absolute atomic E-state index is 9.07. The molecule has 1 aliphatic heterocycles. The van der Waals surface area contributed by atoms with Crippen LogP contribution in [-0.4, -0.2) is 48.1 Å². The second-order valence-electron chi connectivity index (χ2n) is 5.00. The van der Waals surface area contributed by atoms with Crippen LogP contribution in [0.3, 0.4) is 0 Å². The van der Waals surface area contributed by atoms with Crippen molar-refractivity contribution < 1.29 is 9.94 Å². The van der Waals surface area contributed by atoms with Crippen LogP contribution in [0.5, 0.6) is 0 Å². The summed E-state index contributed by atoms with van der Waals surface area (Å²) in [4.78, 5) is 7.72. The van der Waals surface area contributed by atoms with Gasteiger partial charge in [-0.25, -0.2) is 0 Å². The van der Waals surface area contributed by atoms with Crippen molar-refractivity contribution in [2.75, 3.05) is 26.2 Å². The quantitative estimate of drug-likeness (QED) is 0.841. The first-order chi connectivity index (χ1) is 9.72. The van der Waals surface area contributed by atoms with Gasteiger partial charge in [0.05, 0.1) is 12.3 Å². The lowest BCUT2D eigenvalue weighted by Gasteiger charge is -2.22. The van der Waals surface area contributed by atoms with Crippen molar-refractivity contribution in [3.8, 4) is 0 Å². The molecule has 1 heterocycles. The van der Waals surface area contributed by atoms with Crippen LogP contribution in [0.25, 0.3) is 0 Å². The SMILES string of the molecule is CCCN(CCO)CC1CC(c2ccc(Cl)cc2)=NO1. The van der Waals surface area contributed by atoms with E-state index in [4.69, 9.17) is 21.5 Å². The van der Waals surface area contributed by atoms with Crippen molar-refractivity contribution in [1.82, 2.24) is 4.90 Å². The minimum atomic E-state index is 0.0683. The van der Waals surface area contributed by atoms with E-state index < -0.39 is 0 Å². The van der Waals surface area contributed by atoms with Crippen LogP contribution in [-0.2, 0) is 4.84 Å². The maximum atomic E-state index is 9.07. The molecule has 0 bridgehead atoms. The summed E-state index contributed by atoms with van der Waals surface area (Å²) in [7, 11) is 0. The molecule has 0 aromatic heterocycles. The van der Waals surface area contributed by atoms with E-state index in [0.29, 0.717) is 6.54 Å². The highest BCUT2D eigenvalue weighted by Crippen LogP contribution is 2.19. The van der Waals surface area contributed by atoms with Crippen molar-refractivity contribution in [2.24, 2.45) is 5.16 Å². The summed E-state index contributed by atoms with van der Waals surface area (Å²) in [5.41, 5.74) is 2.02. The summed E-state index contributed by atoms with van der Waals surface area (Å²) in [5, 5.41) is 14.0. The smallest absolute Gasteiger partial charge is 0.145 e. The summed E-state index contributed by atoms with van der Waals surface area (Å²) in [5.74, 6) is 0. The Balaban J connectivity index is 1.88. The first-order valence-corrected chi connectivity index (χ1v) is 7.42. The van der Waals surface area contributed by atoms with Crippen molar-refractivity contribution in [1.29, 1.82) is 0 Å². The molecular formula is C15H21ClN2O2. The van der Waals surface area contributed by atoms with Gasteiger partial charge in [-0.3, -0.25) is 4.90 Å². The van der Waals surface area contributed by atoms with E-state index in [1.54, 1.807) is 0 Å². The Bertz CT molecular complexity index is 442. The standard InChI is InChI=1S/C15H21ClN2O2/c1-2-7-18(8-9-19)11-14-10-15(17-20-14)12-3-5-13(16)6-4-12/h3-6,14,19H,2,7-11H2,1H3. The molecule has 1 aliphatic rings. The van der Waals surface area contributed by atoms with Gasteiger partial charge in [-0.15, -0.1) is 0 Å². The summed E-state index contributed by atoms with van der Waals surface area (Å²) >= 11 is 5.88. The molecule has 1 unspecified atom stereocenters. The van der Waals surface area contributed by atoms with Crippen LogP contribution >= 0.6 is 11.6 Å². The number of halogens is 1. The zero-order valence-corrected chi connectivity index (χ0v) is 12.5. The minimum absolute atomic E-state index is 0.0683. The Hall–Kier alpha value is -1.10. The lowest BCUT2D eigenvalue weighted by atomic mass is 10.0. The third-order valence-corrected chi connectivity index (χ3v) is 3.58. The highest BCUT2D eigenvalue weighted by molar-refractivity contribution is 6.30. The zero-order valence-electron chi connectivity index (χ0n) is 11.8. The second-order valence-corrected chi connectivity index (χ2v) is 5.44. The number of hydrogen-bond acceptors (Lipinski definition) is 4. The number of rotatable bonds is 7. The largest absolute Gasteiger partial charge is 0.395 e. The van der Waals surface area contributed by atoms with Gasteiger partial charge in [-0.1, -0.05) is 35.8 Å². The van der Waals surface area contributed by atoms with Crippen molar-refractivity contribution in [2.45, 2.75) is 25.9 Å². The Kier molecular flexibility index (Phi) is 5.83. The van der Waals surface area contributed by atoms with Gasteiger partial charge in [0.2, 0.25) is 0 Å². The number of nitrogens with zero attached hydrogens (tertiary/aromatic N) is 2. The molecule has 4 nitrogen and oxygen atoms in total. The van der Waals surface area contributed by atoms with Gasteiger partial charge in [-0.2, -0.15) is 0 Å². The Labute approximate surface area is 125 Å². The van der Waals surface area contributed by atoms with E-state index in [-0.39, 0.29) is 12.7 Å². The molecule has 0 radical (unpaired) electrons. The van der Waals surface area contributed by atoms with Crippen molar-refractivity contribution in [3.63, 3.8) is 0 Å². The average molecular weight is 297 g/mol. The lowest BCUT2D eigenvalue weighted by Crippen LogP contribution is -2.35. The molecule has 0 spiro atoms. The van der Waals surface area contributed by atoms with E-state index in [0.717, 1.165) is 42.2 Å². The van der Waals surface area contributed by atoms with Gasteiger partial charge >= 0.3 is 0 Å². The molecule has 1 aromatic carbocycles. The van der Waals surface area contributed by atoms with E-state index >= 15 is 0 Å². The number of aliphatic hydroxyl groups excluding tert-OH is 1. The minimum Gasteiger partial charge on any atom is -0.395 e. The van der Waals surface area contributed by atoms with Gasteiger partial charge in [0.25, 0.3) is 0 Å². The molecule has 5 heteroatoms. The van der Waals surface area contributed by atoms with Gasteiger partial charge in [-0.05, 0) is 30.7 Å². The topological polar surface area (TPSA) is 45.1 Å². The monoisotopic (exact) mass is 296 g/mol. The van der Waals surface area contributed by atoms with Crippen LogP contribution in [0.1, 0.15) is 25.3 Å². The molecule has 0 aliphatic carbocycles. The summed E-state index contributed by atoms with van der Waals surface area (Å²) in [6.45, 7) is 4.77. The third kappa shape index (κ3) is 4.20. The van der Waals surface area contributed by atoms with Crippen molar-refractivity contribution in [3.05, 3.63) is 34.9 Å². The Morgan fingerprint density at radius 1 is 1.35 bits per heavy atom. The molecule has 1 N–H and O–H groups in total. The number of aliphatic hydroxyl groups is 1. The molecule has 0 fully saturated rings. The number of hydrogen-bond donors (Lipinski definition) is 1. The fourth-order valence-electron chi connectivity index (χ4n) is 2.38. The van der Waals surface area contributed by atoms with Crippen LogP contribution in [0.2, 0.25) is 5.02 Å². The normalized spacial score (nSPS) is 18.2. The summed E-state index contributed by atoms with van der Waals surface area (Å²) < 4.78 is 0. The first-order valence-electron chi connectivity index (χ1n) is 7.04. The summed E-state index contributed by atoms with van der Waals surface area (Å²) in [6, 6.07) is 7.65. The van der Waals surface area contributed by atoms with Crippen molar-refractivity contribution >= 4 is 17.3 Å². The zero-order chi connectivity index (χ0) is 14.4. The molecule has 0 amide bonds. The average Bonchev–Trinajstić information content (AvgIpc) is 2.89. The second kappa shape index (κ2) is 7.62. The number of benzene rings is 1. The van der Waals surface area contributed by atoms with Crippen LogP contribution < -0.4 is 0 Å². The van der Waals surface area contributed by atoms with E-state index in [9.17, 15) is 0 Å². The molecule has 2 rings (SSSR count). The molecule has 20 heavy (non-hydrogen) atoms. The highest BCUT2D eigenvalue weighted by atomic mass is 35.5. The molecule has 0 saturated carbocycles. The van der Waals surface area contributed by atoms with E-state index in [1.165, 1.54) is 0 Å². The maximum Gasteiger partial charge on any atom is 0.145 e. The van der Waals surface area contributed by atoms with Crippen LogP contribution in [0, 0.1) is 0 Å². The summed E-state index contributed by atoms with van der Waals surface area (Å²) in [6.07, 6.45) is 1.93. The van der Waals surface area contributed by atoms with Gasteiger partial charge in [0, 0.05) is 24.5 Å². The Morgan fingerprint density at radius 2 is 2.10 bits per heavy atom. The molecule has 110 valence electrons. The highest BCUT2D eigenvalue weighted by Gasteiger charge is 2.24.